The van der Waals surface area contributed by atoms with Crippen LogP contribution in [-0.4, -0.2) is 40.4 Å². The van der Waals surface area contributed by atoms with Gasteiger partial charge in [0, 0.05) is 0 Å². The van der Waals surface area contributed by atoms with Gasteiger partial charge in [-0.3, -0.25) is 0 Å². The fraction of sp³-hybridized carbons (Fsp3) is 0.733. The van der Waals surface area contributed by atoms with Crippen molar-refractivity contribution < 1.29 is 19.7 Å². The lowest BCUT2D eigenvalue weighted by atomic mass is 9.96. The summed E-state index contributed by atoms with van der Waals surface area (Å²) in [7, 11) is 0. The average molecular weight is 270 g/mol. The molecule has 0 saturated carbocycles. The number of aliphatic hydroxyl groups is 2. The van der Waals surface area contributed by atoms with E-state index < -0.39 is 30.2 Å². The predicted octanol–water partition coefficient (Wildman–Crippen LogP) is 2.16. The fourth-order valence-electron chi connectivity index (χ4n) is 2.36. The first-order valence-corrected chi connectivity index (χ1v) is 6.63. The van der Waals surface area contributed by atoms with Gasteiger partial charge in [-0.1, -0.05) is 11.1 Å². The van der Waals surface area contributed by atoms with Crippen molar-refractivity contribution in [3.63, 3.8) is 0 Å². The predicted molar refractivity (Wildman–Crippen MR) is 74.7 cm³/mol. The highest BCUT2D eigenvalue weighted by molar-refractivity contribution is 5.01. The van der Waals surface area contributed by atoms with Crippen molar-refractivity contribution in [2.24, 2.45) is 0 Å². The molecule has 2 N–H and O–H groups in total. The van der Waals surface area contributed by atoms with Crippen LogP contribution >= 0.6 is 0 Å². The maximum absolute atomic E-state index is 10.2. The summed E-state index contributed by atoms with van der Waals surface area (Å²) < 4.78 is 11.4. The highest BCUT2D eigenvalue weighted by Crippen LogP contribution is 2.34. The molecule has 0 aliphatic carbocycles. The van der Waals surface area contributed by atoms with E-state index in [9.17, 15) is 10.2 Å². The van der Waals surface area contributed by atoms with Crippen molar-refractivity contribution in [1.82, 2.24) is 0 Å². The van der Waals surface area contributed by atoms with Crippen LogP contribution < -0.4 is 0 Å². The Hall–Kier alpha value is -0.680. The molecule has 0 aromatic rings. The minimum Gasteiger partial charge on any atom is -0.390 e. The summed E-state index contributed by atoms with van der Waals surface area (Å²) in [5.74, 6) is -0.804. The van der Waals surface area contributed by atoms with Gasteiger partial charge in [0.25, 0.3) is 0 Å². The van der Waals surface area contributed by atoms with Crippen LogP contribution in [0.3, 0.4) is 0 Å². The summed E-state index contributed by atoms with van der Waals surface area (Å²) in [6.45, 7) is 14.8. The SMILES string of the molecule is C=C(C)C[C@H](O)[C@H]1OC(C)(C)O[C@@H]1[C@@H](O)CC(=C)C. The summed E-state index contributed by atoms with van der Waals surface area (Å²) >= 11 is 0. The Balaban J connectivity index is 2.80. The zero-order chi connectivity index (χ0) is 14.8. The second-order valence-electron chi connectivity index (χ2n) is 6.02. The normalized spacial score (nSPS) is 28.9. The number of hydrogen-bond acceptors (Lipinski definition) is 4. The molecule has 0 spiro atoms. The van der Waals surface area contributed by atoms with Crippen molar-refractivity contribution in [3.05, 3.63) is 24.3 Å². The highest BCUT2D eigenvalue weighted by Gasteiger charge is 2.47. The molecule has 1 heterocycles. The molecule has 0 unspecified atom stereocenters. The Morgan fingerprint density at radius 1 is 1.00 bits per heavy atom. The summed E-state index contributed by atoms with van der Waals surface area (Å²) in [6, 6.07) is 0. The first-order valence-electron chi connectivity index (χ1n) is 6.63. The van der Waals surface area contributed by atoms with E-state index in [1.54, 1.807) is 13.8 Å². The Kier molecular flexibility index (Phi) is 5.33. The van der Waals surface area contributed by atoms with Gasteiger partial charge in [0.2, 0.25) is 0 Å². The van der Waals surface area contributed by atoms with Gasteiger partial charge in [0.1, 0.15) is 12.2 Å². The molecule has 4 heteroatoms. The topological polar surface area (TPSA) is 58.9 Å². The number of hydrogen-bond donors (Lipinski definition) is 2. The maximum Gasteiger partial charge on any atom is 0.164 e. The van der Waals surface area contributed by atoms with E-state index in [0.717, 1.165) is 11.1 Å². The van der Waals surface area contributed by atoms with Crippen LogP contribution in [0.25, 0.3) is 0 Å². The third-order valence-corrected chi connectivity index (χ3v) is 3.04. The smallest absolute Gasteiger partial charge is 0.164 e. The standard InChI is InChI=1S/C15H26O4/c1-9(2)7-11(16)13-14(12(17)8-10(3)4)19-15(5,6)18-13/h11-14,16-17H,1,3,7-8H2,2,4-6H3/t11-,12-,13+,14+/m0/s1. The third-order valence-electron chi connectivity index (χ3n) is 3.04. The fourth-order valence-corrected chi connectivity index (χ4v) is 2.36. The molecule has 0 bridgehead atoms. The van der Waals surface area contributed by atoms with E-state index >= 15 is 0 Å². The summed E-state index contributed by atoms with van der Waals surface area (Å²) in [6.07, 6.45) is -1.71. The molecular weight excluding hydrogens is 244 g/mol. The summed E-state index contributed by atoms with van der Waals surface area (Å²) in [5.41, 5.74) is 1.74. The first kappa shape index (κ1) is 16.4. The monoisotopic (exact) mass is 270 g/mol. The molecule has 1 aliphatic rings. The van der Waals surface area contributed by atoms with E-state index in [4.69, 9.17) is 9.47 Å². The number of rotatable bonds is 6. The zero-order valence-electron chi connectivity index (χ0n) is 12.3. The second kappa shape index (κ2) is 6.18. The van der Waals surface area contributed by atoms with Crippen LogP contribution in [0.5, 0.6) is 0 Å². The van der Waals surface area contributed by atoms with Crippen LogP contribution in [0.15, 0.2) is 24.3 Å². The van der Waals surface area contributed by atoms with E-state index in [2.05, 4.69) is 13.2 Å². The molecule has 4 atom stereocenters. The summed E-state index contributed by atoms with van der Waals surface area (Å²) in [5, 5.41) is 20.4. The van der Waals surface area contributed by atoms with Crippen LogP contribution in [0.1, 0.15) is 40.5 Å². The van der Waals surface area contributed by atoms with Crippen molar-refractivity contribution in [1.29, 1.82) is 0 Å². The molecule has 0 amide bonds. The van der Waals surface area contributed by atoms with Crippen LogP contribution in [-0.2, 0) is 9.47 Å². The van der Waals surface area contributed by atoms with Crippen LogP contribution in [0.2, 0.25) is 0 Å². The lowest BCUT2D eigenvalue weighted by Gasteiger charge is -2.26. The first-order chi connectivity index (χ1) is 8.62. The second-order valence-corrected chi connectivity index (χ2v) is 6.02. The molecule has 1 aliphatic heterocycles. The largest absolute Gasteiger partial charge is 0.390 e. The third kappa shape index (κ3) is 4.73. The lowest BCUT2D eigenvalue weighted by molar-refractivity contribution is -0.160. The summed E-state index contributed by atoms with van der Waals surface area (Å²) in [4.78, 5) is 0. The van der Waals surface area contributed by atoms with Crippen molar-refractivity contribution in [2.75, 3.05) is 0 Å². The molecule has 1 fully saturated rings. The molecule has 4 nitrogen and oxygen atoms in total. The van der Waals surface area contributed by atoms with Gasteiger partial charge in [0.15, 0.2) is 5.79 Å². The van der Waals surface area contributed by atoms with Crippen molar-refractivity contribution in [2.45, 2.75) is 70.7 Å². The lowest BCUT2D eigenvalue weighted by Crippen LogP contribution is -2.42. The Labute approximate surface area is 115 Å². The quantitative estimate of drug-likeness (QED) is 0.726. The minimum atomic E-state index is -0.804. The molecule has 1 rings (SSSR count). The number of aliphatic hydroxyl groups excluding tert-OH is 2. The number of ether oxygens (including phenoxy) is 2. The van der Waals surface area contributed by atoms with E-state index in [-0.39, 0.29) is 0 Å². The molecule has 0 aromatic carbocycles. The van der Waals surface area contributed by atoms with Gasteiger partial charge < -0.3 is 19.7 Å². The molecule has 19 heavy (non-hydrogen) atoms. The molecule has 0 aromatic heterocycles. The molecule has 1 saturated heterocycles. The van der Waals surface area contributed by atoms with Gasteiger partial charge in [-0.05, 0) is 40.5 Å². The van der Waals surface area contributed by atoms with E-state index in [0.29, 0.717) is 12.8 Å². The maximum atomic E-state index is 10.2. The molecule has 0 radical (unpaired) electrons. The van der Waals surface area contributed by atoms with Crippen molar-refractivity contribution >= 4 is 0 Å². The molecule has 110 valence electrons. The Bertz CT molecular complexity index is 316. The van der Waals surface area contributed by atoms with E-state index in [1.165, 1.54) is 0 Å². The minimum absolute atomic E-state index is 0.431. The highest BCUT2D eigenvalue weighted by atomic mass is 16.8. The van der Waals surface area contributed by atoms with Gasteiger partial charge in [-0.2, -0.15) is 0 Å². The van der Waals surface area contributed by atoms with E-state index in [1.807, 2.05) is 13.8 Å². The van der Waals surface area contributed by atoms with Crippen LogP contribution in [0.4, 0.5) is 0 Å². The molecular formula is C15H26O4. The van der Waals surface area contributed by atoms with Crippen LogP contribution in [0, 0.1) is 0 Å². The van der Waals surface area contributed by atoms with Gasteiger partial charge in [0.05, 0.1) is 12.2 Å². The zero-order valence-corrected chi connectivity index (χ0v) is 12.3. The average Bonchev–Trinajstić information content (AvgIpc) is 2.52. The van der Waals surface area contributed by atoms with Gasteiger partial charge >= 0.3 is 0 Å². The van der Waals surface area contributed by atoms with Gasteiger partial charge in [-0.15, -0.1) is 13.2 Å². The van der Waals surface area contributed by atoms with Crippen molar-refractivity contribution in [3.8, 4) is 0 Å². The Morgan fingerprint density at radius 3 is 1.58 bits per heavy atom. The van der Waals surface area contributed by atoms with Gasteiger partial charge in [-0.25, -0.2) is 0 Å². The Morgan fingerprint density at radius 2 is 1.32 bits per heavy atom.